The van der Waals surface area contributed by atoms with E-state index in [0.29, 0.717) is 0 Å². The Morgan fingerprint density at radius 3 is 1.97 bits per heavy atom. The summed E-state index contributed by atoms with van der Waals surface area (Å²) < 4.78 is 7.05. The highest BCUT2D eigenvalue weighted by atomic mass is 28.4. The average molecular weight is 431 g/mol. The summed E-state index contributed by atoms with van der Waals surface area (Å²) in [7, 11) is -3.86. The Kier molecular flexibility index (Phi) is 7.29. The Bertz CT molecular complexity index is 962. The Hall–Kier alpha value is -2.21. The zero-order valence-electron chi connectivity index (χ0n) is 18.9. The van der Waals surface area contributed by atoms with Gasteiger partial charge in [-0.2, -0.15) is 0 Å². The second-order valence-corrected chi connectivity index (χ2v) is 17.6. The Labute approximate surface area is 184 Å². The lowest BCUT2D eigenvalue weighted by Gasteiger charge is -2.38. The van der Waals surface area contributed by atoms with Crippen LogP contribution in [-0.2, 0) is 4.43 Å². The highest BCUT2D eigenvalue weighted by Crippen LogP contribution is 2.22. The summed E-state index contributed by atoms with van der Waals surface area (Å²) in [5.74, 6) is 0. The summed E-state index contributed by atoms with van der Waals surface area (Å²) in [5, 5.41) is 2.81. The Balaban J connectivity index is 1.88. The first-order valence-corrected chi connectivity index (χ1v) is 16.8. The summed E-state index contributed by atoms with van der Waals surface area (Å²) in [6.45, 7) is 11.7. The van der Waals surface area contributed by atoms with E-state index in [1.54, 1.807) is 0 Å². The first-order valence-electron chi connectivity index (χ1n) is 10.8. The van der Waals surface area contributed by atoms with Crippen molar-refractivity contribution in [3.05, 3.63) is 102 Å². The van der Waals surface area contributed by atoms with Crippen LogP contribution in [0.1, 0.15) is 17.5 Å². The van der Waals surface area contributed by atoms with Crippen molar-refractivity contribution in [3.63, 3.8) is 0 Å². The molecule has 156 valence electrons. The highest BCUT2D eigenvalue weighted by Gasteiger charge is 2.39. The zero-order valence-corrected chi connectivity index (χ0v) is 20.9. The maximum atomic E-state index is 7.05. The van der Waals surface area contributed by atoms with Gasteiger partial charge < -0.3 is 4.43 Å². The molecular formula is C27H34OSi2. The van der Waals surface area contributed by atoms with Crippen LogP contribution >= 0.6 is 0 Å². The van der Waals surface area contributed by atoms with Gasteiger partial charge in [-0.25, -0.2) is 0 Å². The van der Waals surface area contributed by atoms with Gasteiger partial charge in [0.1, 0.15) is 8.07 Å². The zero-order chi connectivity index (χ0) is 21.6. The van der Waals surface area contributed by atoms with E-state index in [1.807, 2.05) is 0 Å². The maximum absolute atomic E-state index is 7.05. The molecule has 0 bridgehead atoms. The van der Waals surface area contributed by atoms with Gasteiger partial charge in [-0.15, -0.1) is 0 Å². The van der Waals surface area contributed by atoms with Gasteiger partial charge in [0, 0.05) is 5.73 Å². The van der Waals surface area contributed by atoms with Crippen molar-refractivity contribution >= 4 is 32.8 Å². The third-order valence-electron chi connectivity index (χ3n) is 5.93. The lowest BCUT2D eigenvalue weighted by atomic mass is 10.1. The molecule has 0 aliphatic heterocycles. The first-order chi connectivity index (χ1) is 14.3. The van der Waals surface area contributed by atoms with Crippen LogP contribution in [0.2, 0.25) is 26.2 Å². The van der Waals surface area contributed by atoms with Crippen molar-refractivity contribution < 1.29 is 4.43 Å². The van der Waals surface area contributed by atoms with Gasteiger partial charge in [-0.3, -0.25) is 0 Å². The predicted octanol–water partition coefficient (Wildman–Crippen LogP) is 6.05. The largest absolute Gasteiger partial charge is 0.412 e. The molecule has 1 atom stereocenters. The monoisotopic (exact) mass is 430 g/mol. The van der Waals surface area contributed by atoms with E-state index >= 15 is 0 Å². The minimum absolute atomic E-state index is 0.225. The van der Waals surface area contributed by atoms with E-state index < -0.39 is 16.4 Å². The molecule has 0 heterocycles. The van der Waals surface area contributed by atoms with Gasteiger partial charge in [0.2, 0.25) is 8.32 Å². The molecule has 0 spiro atoms. The van der Waals surface area contributed by atoms with E-state index in [1.165, 1.54) is 21.5 Å². The Morgan fingerprint density at radius 2 is 1.37 bits per heavy atom. The van der Waals surface area contributed by atoms with Crippen molar-refractivity contribution in [2.75, 3.05) is 0 Å². The highest BCUT2D eigenvalue weighted by molar-refractivity contribution is 6.92. The molecule has 0 fully saturated rings. The molecule has 3 aromatic rings. The number of aryl methyl sites for hydroxylation is 1. The topological polar surface area (TPSA) is 9.23 Å². The minimum atomic E-state index is -2.02. The fourth-order valence-corrected chi connectivity index (χ4v) is 10.1. The second kappa shape index (κ2) is 9.73. The molecule has 1 nitrogen and oxygen atoms in total. The fraction of sp³-hybridized carbons (Fsp3) is 0.259. The summed E-state index contributed by atoms with van der Waals surface area (Å²) in [5.41, 5.74) is 2.77. The van der Waals surface area contributed by atoms with Crippen LogP contribution in [0.5, 0.6) is 0 Å². The molecule has 0 amide bonds. The van der Waals surface area contributed by atoms with Crippen molar-refractivity contribution in [2.45, 2.75) is 45.3 Å². The van der Waals surface area contributed by atoms with Crippen molar-refractivity contribution in [3.8, 4) is 0 Å². The van der Waals surface area contributed by atoms with Crippen LogP contribution < -0.4 is 10.4 Å². The normalized spacial score (nSPS) is 13.5. The number of benzene rings is 3. The molecule has 0 aliphatic rings. The summed E-state index contributed by atoms with van der Waals surface area (Å²) >= 11 is 0. The van der Waals surface area contributed by atoms with Gasteiger partial charge in [-0.1, -0.05) is 121 Å². The molecule has 0 radical (unpaired) electrons. The van der Waals surface area contributed by atoms with Gasteiger partial charge >= 0.3 is 0 Å². The molecule has 3 rings (SSSR count). The predicted molar refractivity (Wildman–Crippen MR) is 137 cm³/mol. The number of rotatable bonds is 8. The summed E-state index contributed by atoms with van der Waals surface area (Å²) in [4.78, 5) is 0. The smallest absolute Gasteiger partial charge is 0.218 e. The summed E-state index contributed by atoms with van der Waals surface area (Å²) in [6.07, 6.45) is 5.49. The standard InChI is InChI=1S/C27H34OSi2/c1-23-14-12-15-24(22-23)16-13-21-27(29(2,3)25-17-8-6-9-18-25)28-30(4,5)26-19-10-7-11-20-26/h6-20,22,27H,21H2,1-5H3/b16-13-. The SMILES string of the molecule is Cc1cccc(/C=C\CC(O[Si](C)(C)c2ccccc2)[Si](C)(C)c2ccccc2)c1. The van der Waals surface area contributed by atoms with Crippen LogP contribution in [0.25, 0.3) is 6.08 Å². The van der Waals surface area contributed by atoms with E-state index in [-0.39, 0.29) is 5.73 Å². The van der Waals surface area contributed by atoms with Gasteiger partial charge in [-0.05, 0) is 37.2 Å². The molecule has 0 N–H and O–H groups in total. The summed E-state index contributed by atoms with van der Waals surface area (Å²) in [6, 6.07) is 30.4. The average Bonchev–Trinajstić information content (AvgIpc) is 2.74. The van der Waals surface area contributed by atoms with Crippen molar-refractivity contribution in [2.24, 2.45) is 0 Å². The van der Waals surface area contributed by atoms with Gasteiger partial charge in [0.15, 0.2) is 0 Å². The maximum Gasteiger partial charge on any atom is 0.218 e. The Morgan fingerprint density at radius 1 is 0.767 bits per heavy atom. The van der Waals surface area contributed by atoms with Crippen LogP contribution in [0, 0.1) is 6.92 Å². The third kappa shape index (κ3) is 5.69. The second-order valence-electron chi connectivity index (χ2n) is 9.12. The minimum Gasteiger partial charge on any atom is -0.412 e. The fourth-order valence-electron chi connectivity index (χ4n) is 3.91. The van der Waals surface area contributed by atoms with Crippen LogP contribution in [0.4, 0.5) is 0 Å². The molecule has 30 heavy (non-hydrogen) atoms. The molecule has 0 aromatic heterocycles. The van der Waals surface area contributed by atoms with Gasteiger partial charge in [0.05, 0.1) is 0 Å². The molecule has 0 saturated carbocycles. The van der Waals surface area contributed by atoms with E-state index in [0.717, 1.165) is 6.42 Å². The van der Waals surface area contributed by atoms with Gasteiger partial charge in [0.25, 0.3) is 0 Å². The number of hydrogen-bond donors (Lipinski definition) is 0. The molecule has 1 unspecified atom stereocenters. The molecule has 0 saturated heterocycles. The third-order valence-corrected chi connectivity index (χ3v) is 12.5. The van der Waals surface area contributed by atoms with Crippen LogP contribution in [-0.4, -0.2) is 22.1 Å². The van der Waals surface area contributed by atoms with Crippen molar-refractivity contribution in [1.82, 2.24) is 0 Å². The van der Waals surface area contributed by atoms with E-state index in [2.05, 4.69) is 130 Å². The molecule has 3 aromatic carbocycles. The quantitative estimate of drug-likeness (QED) is 0.395. The lowest BCUT2D eigenvalue weighted by Crippen LogP contribution is -2.59. The van der Waals surface area contributed by atoms with Crippen LogP contribution in [0.15, 0.2) is 91.0 Å². The first kappa shape index (κ1) is 22.5. The van der Waals surface area contributed by atoms with Crippen LogP contribution in [0.3, 0.4) is 0 Å². The van der Waals surface area contributed by atoms with Crippen molar-refractivity contribution in [1.29, 1.82) is 0 Å². The molecular weight excluding hydrogens is 396 g/mol. The molecule has 0 aliphatic carbocycles. The lowest BCUT2D eigenvalue weighted by molar-refractivity contribution is 0.271. The molecule has 3 heteroatoms. The van der Waals surface area contributed by atoms with E-state index in [4.69, 9.17) is 4.43 Å². The number of hydrogen-bond acceptors (Lipinski definition) is 1. The van der Waals surface area contributed by atoms with E-state index in [9.17, 15) is 0 Å².